The van der Waals surface area contributed by atoms with Crippen LogP contribution in [0.25, 0.3) is 22.2 Å². The Labute approximate surface area is 259 Å². The minimum atomic E-state index is -0.551. The van der Waals surface area contributed by atoms with Gasteiger partial charge < -0.3 is 29.7 Å². The van der Waals surface area contributed by atoms with E-state index in [2.05, 4.69) is 42.4 Å². The van der Waals surface area contributed by atoms with Crippen LogP contribution in [0.4, 0.5) is 11.8 Å². The number of unbranched alkanes of at least 4 members (excludes halogenated alkanes) is 1. The fourth-order valence-electron chi connectivity index (χ4n) is 6.00. The van der Waals surface area contributed by atoms with Gasteiger partial charge in [0.2, 0.25) is 5.95 Å². The van der Waals surface area contributed by atoms with E-state index in [0.717, 1.165) is 79.1 Å². The molecule has 1 saturated heterocycles. The number of anilines is 2. The van der Waals surface area contributed by atoms with Gasteiger partial charge in [-0.25, -0.2) is 4.98 Å². The Balaban J connectivity index is 1.34. The molecule has 1 aromatic carbocycles. The predicted molar refractivity (Wildman–Crippen MR) is 173 cm³/mol. The Bertz CT molecular complexity index is 1590. The van der Waals surface area contributed by atoms with Crippen molar-refractivity contribution in [2.24, 2.45) is 0 Å². The smallest absolute Gasteiger partial charge is 0.230 e. The molecular weight excluding hydrogens is 554 g/mol. The number of piperidine rings is 1. The third-order valence-electron chi connectivity index (χ3n) is 8.93. The number of fused-ring (bicyclic) bond motifs is 2. The number of aromatic nitrogens is 4. The highest BCUT2D eigenvalue weighted by molar-refractivity contribution is 5.89. The van der Waals surface area contributed by atoms with E-state index in [1.165, 1.54) is 0 Å². The van der Waals surface area contributed by atoms with Gasteiger partial charge in [0, 0.05) is 46.8 Å². The number of nitrogens with zero attached hydrogens (tertiary/aromatic N) is 6. The number of likely N-dealkylation sites (tertiary alicyclic amines) is 1. The van der Waals surface area contributed by atoms with E-state index in [4.69, 9.17) is 29.4 Å². The number of methoxy groups -OCH3 is 1. The van der Waals surface area contributed by atoms with Crippen LogP contribution >= 0.6 is 0 Å². The van der Waals surface area contributed by atoms with Gasteiger partial charge in [-0.05, 0) is 70.6 Å². The van der Waals surface area contributed by atoms with Crippen molar-refractivity contribution in [3.63, 3.8) is 0 Å². The Morgan fingerprint density at radius 1 is 1.07 bits per heavy atom. The van der Waals surface area contributed by atoms with Gasteiger partial charge in [0.15, 0.2) is 12.5 Å². The highest BCUT2D eigenvalue weighted by atomic mass is 16.5. The van der Waals surface area contributed by atoms with E-state index < -0.39 is 5.54 Å². The number of benzene rings is 1. The summed E-state index contributed by atoms with van der Waals surface area (Å²) in [5, 5.41) is 13.9. The van der Waals surface area contributed by atoms with E-state index in [-0.39, 0.29) is 6.61 Å². The van der Waals surface area contributed by atoms with Gasteiger partial charge in [-0.2, -0.15) is 4.98 Å². The molecule has 0 saturated carbocycles. The molecule has 0 bridgehead atoms. The first kappa shape index (κ1) is 30.0. The number of aliphatic hydroxyl groups is 1. The predicted octanol–water partition coefficient (Wildman–Crippen LogP) is 5.61. The summed E-state index contributed by atoms with van der Waals surface area (Å²) in [7, 11) is 3.83. The summed E-state index contributed by atoms with van der Waals surface area (Å²) < 4.78 is 11.5. The number of aliphatic hydroxyl groups excluding tert-OH is 1. The molecule has 1 unspecified atom stereocenters. The summed E-state index contributed by atoms with van der Waals surface area (Å²) in [5.41, 5.74) is 4.95. The second kappa shape index (κ2) is 12.9. The quantitative estimate of drug-likeness (QED) is 0.239. The summed E-state index contributed by atoms with van der Waals surface area (Å²) >= 11 is 0. The maximum Gasteiger partial charge on any atom is 0.230 e. The zero-order valence-electron chi connectivity index (χ0n) is 26.2. The van der Waals surface area contributed by atoms with Crippen molar-refractivity contribution in [1.29, 1.82) is 0 Å². The third kappa shape index (κ3) is 6.42. The van der Waals surface area contributed by atoms with E-state index in [9.17, 15) is 5.11 Å². The topological polar surface area (TPSA) is 109 Å². The SMILES string of the molecule is CCCCC(C)(CO)Nc1nc(N2COc3cc(OC)ccc3C2)nc2cc(-c3ccc(C4CCN(C)CC4)nc3)cnc12. The molecule has 10 heteroatoms. The average molecular weight is 598 g/mol. The fourth-order valence-corrected chi connectivity index (χ4v) is 6.00. The molecule has 232 valence electrons. The maximum atomic E-state index is 10.4. The molecule has 0 aliphatic carbocycles. The van der Waals surface area contributed by atoms with Crippen LogP contribution in [-0.4, -0.2) is 76.1 Å². The Hall–Kier alpha value is -4.02. The standard InChI is InChI=1S/C34H43N7O3/c1-5-6-13-34(2,21-42)39-32-31-29(37-33(38-32)41-20-25-7-9-27(43-4)17-30(25)44-22-41)16-26(19-36-31)24-8-10-28(35-18-24)23-11-14-40(3)15-12-23/h7-10,16-19,23,42H,5-6,11-15,20-22H2,1-4H3,(H,37,38,39). The highest BCUT2D eigenvalue weighted by Gasteiger charge is 2.27. The first-order chi connectivity index (χ1) is 21.4. The lowest BCUT2D eigenvalue weighted by Gasteiger charge is -2.32. The zero-order chi connectivity index (χ0) is 30.7. The summed E-state index contributed by atoms with van der Waals surface area (Å²) in [6.07, 6.45) is 8.91. The van der Waals surface area contributed by atoms with Crippen molar-refractivity contribution in [1.82, 2.24) is 24.8 Å². The molecule has 2 aliphatic heterocycles. The van der Waals surface area contributed by atoms with Gasteiger partial charge in [0.25, 0.3) is 0 Å². The Morgan fingerprint density at radius 2 is 1.89 bits per heavy atom. The molecule has 0 amide bonds. The number of rotatable bonds is 10. The lowest BCUT2D eigenvalue weighted by atomic mass is 9.93. The molecule has 44 heavy (non-hydrogen) atoms. The van der Waals surface area contributed by atoms with Crippen LogP contribution in [-0.2, 0) is 6.54 Å². The minimum absolute atomic E-state index is 0.0246. The van der Waals surface area contributed by atoms with Crippen molar-refractivity contribution in [2.75, 3.05) is 50.8 Å². The fraction of sp³-hybridized carbons (Fsp3) is 0.471. The lowest BCUT2D eigenvalue weighted by Crippen LogP contribution is -2.39. The van der Waals surface area contributed by atoms with Crippen LogP contribution in [0.1, 0.15) is 63.1 Å². The monoisotopic (exact) mass is 597 g/mol. The Kier molecular flexibility index (Phi) is 8.81. The molecular formula is C34H43N7O3. The first-order valence-corrected chi connectivity index (χ1v) is 15.6. The second-order valence-electron chi connectivity index (χ2n) is 12.4. The summed E-state index contributed by atoms with van der Waals surface area (Å²) in [6.45, 7) is 7.25. The van der Waals surface area contributed by atoms with Crippen LogP contribution in [0, 0.1) is 0 Å². The normalized spacial score (nSPS) is 17.2. The summed E-state index contributed by atoms with van der Waals surface area (Å²) in [4.78, 5) is 24.0. The molecule has 2 aliphatic rings. The van der Waals surface area contributed by atoms with E-state index >= 15 is 0 Å². The molecule has 1 fully saturated rings. The molecule has 1 atom stereocenters. The highest BCUT2D eigenvalue weighted by Crippen LogP contribution is 2.34. The lowest BCUT2D eigenvalue weighted by molar-refractivity contribution is 0.212. The minimum Gasteiger partial charge on any atom is -0.497 e. The van der Waals surface area contributed by atoms with Gasteiger partial charge in [0.05, 0.1) is 31.3 Å². The number of hydrogen-bond acceptors (Lipinski definition) is 10. The van der Waals surface area contributed by atoms with Crippen LogP contribution in [0.5, 0.6) is 11.5 Å². The zero-order valence-corrected chi connectivity index (χ0v) is 26.2. The largest absolute Gasteiger partial charge is 0.497 e. The van der Waals surface area contributed by atoms with Gasteiger partial charge >= 0.3 is 0 Å². The Morgan fingerprint density at radius 3 is 2.61 bits per heavy atom. The van der Waals surface area contributed by atoms with Gasteiger partial charge in [-0.15, -0.1) is 0 Å². The van der Waals surface area contributed by atoms with Gasteiger partial charge in [0.1, 0.15) is 17.0 Å². The van der Waals surface area contributed by atoms with Crippen molar-refractivity contribution < 1.29 is 14.6 Å². The molecule has 4 aromatic rings. The number of nitrogens with one attached hydrogen (secondary N) is 1. The van der Waals surface area contributed by atoms with Crippen LogP contribution in [0.15, 0.2) is 48.8 Å². The molecule has 0 radical (unpaired) electrons. The molecule has 5 heterocycles. The van der Waals surface area contributed by atoms with E-state index in [1.54, 1.807) is 7.11 Å². The summed E-state index contributed by atoms with van der Waals surface area (Å²) in [5.74, 6) is 3.19. The van der Waals surface area contributed by atoms with Crippen molar-refractivity contribution in [3.05, 3.63) is 60.0 Å². The van der Waals surface area contributed by atoms with Crippen LogP contribution in [0.2, 0.25) is 0 Å². The number of pyridine rings is 2. The molecule has 3 aromatic heterocycles. The van der Waals surface area contributed by atoms with Gasteiger partial charge in [-0.1, -0.05) is 25.8 Å². The van der Waals surface area contributed by atoms with E-state index in [1.807, 2.05) is 42.4 Å². The van der Waals surface area contributed by atoms with E-state index in [0.29, 0.717) is 42.0 Å². The van der Waals surface area contributed by atoms with Gasteiger partial charge in [-0.3, -0.25) is 9.97 Å². The molecule has 0 spiro atoms. The van der Waals surface area contributed by atoms with Crippen molar-refractivity contribution in [3.8, 4) is 22.6 Å². The third-order valence-corrected chi connectivity index (χ3v) is 8.93. The first-order valence-electron chi connectivity index (χ1n) is 15.6. The molecule has 6 rings (SSSR count). The van der Waals surface area contributed by atoms with Crippen LogP contribution < -0.4 is 19.7 Å². The van der Waals surface area contributed by atoms with Crippen molar-refractivity contribution >= 4 is 22.8 Å². The molecule has 10 nitrogen and oxygen atoms in total. The number of ether oxygens (including phenoxy) is 2. The van der Waals surface area contributed by atoms with Crippen LogP contribution in [0.3, 0.4) is 0 Å². The molecule has 2 N–H and O–H groups in total. The average Bonchev–Trinajstić information content (AvgIpc) is 3.07. The maximum absolute atomic E-state index is 10.4. The second-order valence-corrected chi connectivity index (χ2v) is 12.4. The number of hydrogen-bond donors (Lipinski definition) is 2. The van der Waals surface area contributed by atoms with Crippen molar-refractivity contribution in [2.45, 2.75) is 64.0 Å². The summed E-state index contributed by atoms with van der Waals surface area (Å²) in [6, 6.07) is 12.2.